The van der Waals surface area contributed by atoms with Gasteiger partial charge in [-0.1, -0.05) is 6.92 Å². The van der Waals surface area contributed by atoms with E-state index in [1.165, 1.54) is 0 Å². The van der Waals surface area contributed by atoms with Gasteiger partial charge in [0.1, 0.15) is 0 Å². The number of halogens is 1. The lowest BCUT2D eigenvalue weighted by Gasteiger charge is -2.12. The Kier molecular flexibility index (Phi) is 10.4. The molecule has 0 aromatic rings. The first kappa shape index (κ1) is 14.2. The van der Waals surface area contributed by atoms with E-state index in [-0.39, 0.29) is 24.4 Å². The molecule has 0 radical (unpaired) electrons. The summed E-state index contributed by atoms with van der Waals surface area (Å²) in [5.41, 5.74) is 10.4. The zero-order valence-corrected chi connectivity index (χ0v) is 8.19. The maximum atomic E-state index is 10.7. The van der Waals surface area contributed by atoms with Crippen LogP contribution in [0.4, 0.5) is 0 Å². The monoisotopic (exact) mass is 195 g/mol. The van der Waals surface area contributed by atoms with E-state index in [2.05, 4.69) is 5.32 Å². The fourth-order valence-electron chi connectivity index (χ4n) is 0.913. The Labute approximate surface area is 79.5 Å². The Bertz CT molecular complexity index is 121. The highest BCUT2D eigenvalue weighted by Crippen LogP contribution is 1.94. The molecule has 74 valence electrons. The van der Waals surface area contributed by atoms with Gasteiger partial charge < -0.3 is 16.8 Å². The number of carbonyl (C=O) groups is 1. The lowest BCUT2D eigenvalue weighted by molar-refractivity contribution is -0.120. The SMILES string of the molecule is CCN[C@@H](CCCN)C(N)=O.Cl. The number of nitrogens with two attached hydrogens (primary N) is 2. The molecular formula is C7H18ClN3O. The first-order valence-electron chi connectivity index (χ1n) is 3.95. The highest BCUT2D eigenvalue weighted by molar-refractivity contribution is 5.85. The molecule has 1 atom stereocenters. The van der Waals surface area contributed by atoms with Crippen molar-refractivity contribution in [2.75, 3.05) is 13.1 Å². The average molecular weight is 196 g/mol. The van der Waals surface area contributed by atoms with Crippen LogP contribution in [0.25, 0.3) is 0 Å². The van der Waals surface area contributed by atoms with Crippen molar-refractivity contribution in [2.24, 2.45) is 11.5 Å². The standard InChI is InChI=1S/C7H17N3O.ClH/c1-2-10-6(7(9)11)4-3-5-8;/h6,10H,2-5,8H2,1H3,(H2,9,11);1H/t6-;/m0./s1. The van der Waals surface area contributed by atoms with Crippen LogP contribution in [0.3, 0.4) is 0 Å². The summed E-state index contributed by atoms with van der Waals surface area (Å²) < 4.78 is 0. The third kappa shape index (κ3) is 6.39. The number of primary amides is 1. The molecule has 0 bridgehead atoms. The summed E-state index contributed by atoms with van der Waals surface area (Å²) in [5, 5.41) is 2.99. The molecule has 0 unspecified atom stereocenters. The molecule has 0 saturated carbocycles. The summed E-state index contributed by atoms with van der Waals surface area (Å²) in [6, 6.07) is -0.205. The summed E-state index contributed by atoms with van der Waals surface area (Å²) in [6.07, 6.45) is 1.57. The van der Waals surface area contributed by atoms with E-state index in [1.807, 2.05) is 6.92 Å². The third-order valence-corrected chi connectivity index (χ3v) is 1.49. The molecule has 1 amide bonds. The van der Waals surface area contributed by atoms with E-state index >= 15 is 0 Å². The minimum atomic E-state index is -0.291. The van der Waals surface area contributed by atoms with Crippen molar-refractivity contribution in [3.63, 3.8) is 0 Å². The maximum absolute atomic E-state index is 10.7. The molecule has 0 aromatic heterocycles. The molecular weight excluding hydrogens is 178 g/mol. The molecule has 4 nitrogen and oxygen atoms in total. The van der Waals surface area contributed by atoms with Gasteiger partial charge in [-0.05, 0) is 25.9 Å². The van der Waals surface area contributed by atoms with Crippen molar-refractivity contribution in [1.82, 2.24) is 5.32 Å². The van der Waals surface area contributed by atoms with Crippen molar-refractivity contribution in [3.8, 4) is 0 Å². The number of hydrogen-bond donors (Lipinski definition) is 3. The lowest BCUT2D eigenvalue weighted by Crippen LogP contribution is -2.41. The number of hydrogen-bond acceptors (Lipinski definition) is 3. The lowest BCUT2D eigenvalue weighted by atomic mass is 10.1. The highest BCUT2D eigenvalue weighted by Gasteiger charge is 2.11. The second-order valence-electron chi connectivity index (χ2n) is 2.44. The molecule has 0 aliphatic heterocycles. The minimum Gasteiger partial charge on any atom is -0.368 e. The van der Waals surface area contributed by atoms with Crippen LogP contribution in [0.5, 0.6) is 0 Å². The fraction of sp³-hybridized carbons (Fsp3) is 0.857. The van der Waals surface area contributed by atoms with Crippen molar-refractivity contribution in [2.45, 2.75) is 25.8 Å². The first-order chi connectivity index (χ1) is 5.22. The Hall–Kier alpha value is -0.320. The number of nitrogens with one attached hydrogen (secondary N) is 1. The maximum Gasteiger partial charge on any atom is 0.234 e. The first-order valence-corrected chi connectivity index (χ1v) is 3.95. The third-order valence-electron chi connectivity index (χ3n) is 1.49. The van der Waals surface area contributed by atoms with Crippen LogP contribution >= 0.6 is 12.4 Å². The molecule has 0 rings (SSSR count). The van der Waals surface area contributed by atoms with Gasteiger partial charge in [0.25, 0.3) is 0 Å². The van der Waals surface area contributed by atoms with Crippen LogP contribution < -0.4 is 16.8 Å². The number of amides is 1. The van der Waals surface area contributed by atoms with Crippen LogP contribution in [-0.4, -0.2) is 25.0 Å². The van der Waals surface area contributed by atoms with E-state index in [1.54, 1.807) is 0 Å². The minimum absolute atomic E-state index is 0. The van der Waals surface area contributed by atoms with Gasteiger partial charge in [0, 0.05) is 0 Å². The van der Waals surface area contributed by atoms with Gasteiger partial charge in [-0.15, -0.1) is 12.4 Å². The predicted octanol–water partition coefficient (Wildman–Crippen LogP) is -0.389. The Morgan fingerprint density at radius 3 is 2.50 bits per heavy atom. The van der Waals surface area contributed by atoms with Gasteiger partial charge in [0.15, 0.2) is 0 Å². The van der Waals surface area contributed by atoms with Crippen molar-refractivity contribution < 1.29 is 4.79 Å². The smallest absolute Gasteiger partial charge is 0.234 e. The largest absolute Gasteiger partial charge is 0.368 e. The summed E-state index contributed by atoms with van der Waals surface area (Å²) in [7, 11) is 0. The second kappa shape index (κ2) is 8.77. The summed E-state index contributed by atoms with van der Waals surface area (Å²) in [5.74, 6) is -0.291. The van der Waals surface area contributed by atoms with E-state index in [0.717, 1.165) is 19.4 Å². The Morgan fingerprint density at radius 1 is 1.58 bits per heavy atom. The highest BCUT2D eigenvalue weighted by atomic mass is 35.5. The van der Waals surface area contributed by atoms with Gasteiger partial charge in [0.05, 0.1) is 6.04 Å². The molecule has 0 fully saturated rings. The van der Waals surface area contributed by atoms with Gasteiger partial charge >= 0.3 is 0 Å². The Morgan fingerprint density at radius 2 is 2.17 bits per heavy atom. The molecule has 0 heterocycles. The van der Waals surface area contributed by atoms with Crippen LogP contribution in [0.2, 0.25) is 0 Å². The average Bonchev–Trinajstić information content (AvgIpc) is 1.97. The predicted molar refractivity (Wildman–Crippen MR) is 52.2 cm³/mol. The molecule has 5 heteroatoms. The fourth-order valence-corrected chi connectivity index (χ4v) is 0.913. The van der Waals surface area contributed by atoms with Gasteiger partial charge in [-0.2, -0.15) is 0 Å². The van der Waals surface area contributed by atoms with Crippen LogP contribution in [-0.2, 0) is 4.79 Å². The number of likely N-dealkylation sites (N-methyl/N-ethyl adjacent to an activating group) is 1. The molecule has 0 aliphatic rings. The van der Waals surface area contributed by atoms with Crippen LogP contribution in [0.1, 0.15) is 19.8 Å². The van der Waals surface area contributed by atoms with E-state index in [4.69, 9.17) is 11.5 Å². The molecule has 0 aromatic carbocycles. The Balaban J connectivity index is 0. The molecule has 0 spiro atoms. The van der Waals surface area contributed by atoms with E-state index < -0.39 is 0 Å². The molecule has 0 saturated heterocycles. The zero-order valence-electron chi connectivity index (χ0n) is 7.38. The molecule has 5 N–H and O–H groups in total. The van der Waals surface area contributed by atoms with Crippen LogP contribution in [0, 0.1) is 0 Å². The van der Waals surface area contributed by atoms with Gasteiger partial charge in [0.2, 0.25) is 5.91 Å². The zero-order chi connectivity index (χ0) is 8.69. The summed E-state index contributed by atoms with van der Waals surface area (Å²) in [4.78, 5) is 10.7. The number of rotatable bonds is 6. The van der Waals surface area contributed by atoms with Crippen molar-refractivity contribution >= 4 is 18.3 Å². The summed E-state index contributed by atoms with van der Waals surface area (Å²) >= 11 is 0. The summed E-state index contributed by atoms with van der Waals surface area (Å²) in [6.45, 7) is 3.31. The molecule has 12 heavy (non-hydrogen) atoms. The van der Waals surface area contributed by atoms with E-state index in [9.17, 15) is 4.79 Å². The number of carbonyl (C=O) groups excluding carboxylic acids is 1. The van der Waals surface area contributed by atoms with Crippen molar-refractivity contribution in [1.29, 1.82) is 0 Å². The van der Waals surface area contributed by atoms with Crippen molar-refractivity contribution in [3.05, 3.63) is 0 Å². The second-order valence-corrected chi connectivity index (χ2v) is 2.44. The van der Waals surface area contributed by atoms with Crippen LogP contribution in [0.15, 0.2) is 0 Å². The van der Waals surface area contributed by atoms with Gasteiger partial charge in [-0.3, -0.25) is 4.79 Å². The van der Waals surface area contributed by atoms with Gasteiger partial charge in [-0.25, -0.2) is 0 Å². The molecule has 0 aliphatic carbocycles. The topological polar surface area (TPSA) is 81.1 Å². The quantitative estimate of drug-likeness (QED) is 0.540. The van der Waals surface area contributed by atoms with E-state index in [0.29, 0.717) is 6.54 Å². The normalized spacial score (nSPS) is 11.8.